The molecule has 1 rings (SSSR count). The zero-order chi connectivity index (χ0) is 14.6. The number of nitrogens with two attached hydrogens (primary N) is 1. The Hall–Kier alpha value is -1.56. The molecule has 0 aliphatic heterocycles. The second kappa shape index (κ2) is 6.56. The number of urea groups is 1. The average molecular weight is 327 g/mol. The summed E-state index contributed by atoms with van der Waals surface area (Å²) in [6, 6.07) is 5.16. The lowest BCUT2D eigenvalue weighted by molar-refractivity contribution is 0.247. The molecule has 0 saturated heterocycles. The standard InChI is InChI=1S/C13H19BrN4O/c1-8(2)7-17-13(19)18(12(15)16)11-9(3)5-4-6-10(11)14/h4-6,8H,7H2,1-3H3,(H3,15,16)(H,17,19). The number of hydrogen-bond acceptors (Lipinski definition) is 2. The summed E-state index contributed by atoms with van der Waals surface area (Å²) in [4.78, 5) is 13.3. The highest BCUT2D eigenvalue weighted by molar-refractivity contribution is 9.10. The van der Waals surface area contributed by atoms with Gasteiger partial charge in [-0.15, -0.1) is 0 Å². The molecule has 1 aromatic carbocycles. The third-order valence-corrected chi connectivity index (χ3v) is 3.16. The summed E-state index contributed by atoms with van der Waals surface area (Å²) in [5.41, 5.74) is 7.00. The van der Waals surface area contributed by atoms with E-state index in [1.54, 1.807) is 0 Å². The normalized spacial score (nSPS) is 10.4. The lowest BCUT2D eigenvalue weighted by Crippen LogP contribution is -2.48. The Balaban J connectivity index is 3.08. The smallest absolute Gasteiger partial charge is 0.328 e. The van der Waals surface area contributed by atoms with E-state index in [2.05, 4.69) is 21.2 Å². The van der Waals surface area contributed by atoms with Crippen LogP contribution in [0.2, 0.25) is 0 Å². The molecule has 5 nitrogen and oxygen atoms in total. The van der Waals surface area contributed by atoms with Gasteiger partial charge in [-0.2, -0.15) is 0 Å². The van der Waals surface area contributed by atoms with Crippen molar-refractivity contribution >= 4 is 33.6 Å². The second-order valence-electron chi connectivity index (χ2n) is 4.71. The molecule has 0 aliphatic carbocycles. The fraction of sp³-hybridized carbons (Fsp3) is 0.385. The van der Waals surface area contributed by atoms with Gasteiger partial charge >= 0.3 is 6.03 Å². The third-order valence-electron chi connectivity index (χ3n) is 2.52. The summed E-state index contributed by atoms with van der Waals surface area (Å²) in [5, 5.41) is 10.4. The summed E-state index contributed by atoms with van der Waals surface area (Å²) in [5.74, 6) is 0.0225. The molecule has 2 amide bonds. The summed E-state index contributed by atoms with van der Waals surface area (Å²) in [6.07, 6.45) is 0. The van der Waals surface area contributed by atoms with E-state index in [0.717, 1.165) is 10.0 Å². The number of nitrogens with zero attached hydrogens (tertiary/aromatic N) is 1. The highest BCUT2D eigenvalue weighted by Gasteiger charge is 2.22. The van der Waals surface area contributed by atoms with Crippen LogP contribution in [-0.4, -0.2) is 18.5 Å². The number of amides is 2. The maximum atomic E-state index is 12.2. The first-order valence-corrected chi connectivity index (χ1v) is 6.81. The Kier molecular flexibility index (Phi) is 5.35. The van der Waals surface area contributed by atoms with Crippen LogP contribution in [-0.2, 0) is 0 Å². The van der Waals surface area contributed by atoms with Crippen LogP contribution < -0.4 is 16.0 Å². The number of nitrogens with one attached hydrogen (secondary N) is 2. The van der Waals surface area contributed by atoms with Gasteiger partial charge in [-0.25, -0.2) is 9.69 Å². The molecule has 0 saturated carbocycles. The number of benzene rings is 1. The van der Waals surface area contributed by atoms with E-state index in [1.165, 1.54) is 4.90 Å². The van der Waals surface area contributed by atoms with Gasteiger partial charge in [0.1, 0.15) is 0 Å². The molecule has 0 aromatic heterocycles. The maximum absolute atomic E-state index is 12.2. The van der Waals surface area contributed by atoms with Crippen molar-refractivity contribution in [3.05, 3.63) is 28.2 Å². The Bertz CT molecular complexity index is 467. The quantitative estimate of drug-likeness (QED) is 0.589. The van der Waals surface area contributed by atoms with Gasteiger partial charge in [-0.05, 0) is 40.4 Å². The minimum atomic E-state index is -0.392. The van der Waals surface area contributed by atoms with E-state index in [-0.39, 0.29) is 5.96 Å². The van der Waals surface area contributed by atoms with Crippen molar-refractivity contribution in [3.63, 3.8) is 0 Å². The minimum Gasteiger partial charge on any atom is -0.369 e. The predicted octanol–water partition coefficient (Wildman–Crippen LogP) is 2.82. The van der Waals surface area contributed by atoms with Crippen LogP contribution >= 0.6 is 15.9 Å². The van der Waals surface area contributed by atoms with Crippen LogP contribution in [0.15, 0.2) is 22.7 Å². The predicted molar refractivity (Wildman–Crippen MR) is 81.5 cm³/mol. The average Bonchev–Trinajstić information content (AvgIpc) is 2.30. The first kappa shape index (κ1) is 15.5. The summed E-state index contributed by atoms with van der Waals surface area (Å²) in [6.45, 7) is 6.40. The summed E-state index contributed by atoms with van der Waals surface area (Å²) < 4.78 is 0.724. The van der Waals surface area contributed by atoms with E-state index >= 15 is 0 Å². The van der Waals surface area contributed by atoms with Crippen molar-refractivity contribution in [2.45, 2.75) is 20.8 Å². The fourth-order valence-electron chi connectivity index (χ4n) is 1.61. The first-order valence-electron chi connectivity index (χ1n) is 6.01. The zero-order valence-electron chi connectivity index (χ0n) is 11.3. The highest BCUT2D eigenvalue weighted by atomic mass is 79.9. The molecule has 1 aromatic rings. The molecular weight excluding hydrogens is 308 g/mol. The van der Waals surface area contributed by atoms with E-state index in [1.807, 2.05) is 39.0 Å². The molecule has 6 heteroatoms. The Morgan fingerprint density at radius 1 is 1.53 bits per heavy atom. The number of halogens is 1. The number of rotatable bonds is 3. The van der Waals surface area contributed by atoms with Gasteiger partial charge in [0.05, 0.1) is 5.69 Å². The van der Waals surface area contributed by atoms with Crippen LogP contribution in [0, 0.1) is 18.3 Å². The van der Waals surface area contributed by atoms with Crippen LogP contribution in [0.1, 0.15) is 19.4 Å². The van der Waals surface area contributed by atoms with Crippen LogP contribution in [0.3, 0.4) is 0 Å². The third kappa shape index (κ3) is 3.96. The van der Waals surface area contributed by atoms with Crippen molar-refractivity contribution in [2.75, 3.05) is 11.4 Å². The van der Waals surface area contributed by atoms with Gasteiger partial charge < -0.3 is 11.1 Å². The number of guanidine groups is 1. The number of anilines is 1. The van der Waals surface area contributed by atoms with Crippen LogP contribution in [0.4, 0.5) is 10.5 Å². The lowest BCUT2D eigenvalue weighted by Gasteiger charge is -2.24. The van der Waals surface area contributed by atoms with Crippen LogP contribution in [0.5, 0.6) is 0 Å². The van der Waals surface area contributed by atoms with Gasteiger partial charge in [0.2, 0.25) is 5.96 Å². The van der Waals surface area contributed by atoms with Gasteiger partial charge in [0, 0.05) is 11.0 Å². The van der Waals surface area contributed by atoms with E-state index in [0.29, 0.717) is 18.2 Å². The summed E-state index contributed by atoms with van der Waals surface area (Å²) in [7, 11) is 0. The number of carbonyl (C=O) groups is 1. The molecule has 0 radical (unpaired) electrons. The Morgan fingerprint density at radius 2 is 2.16 bits per heavy atom. The van der Waals surface area contributed by atoms with E-state index in [4.69, 9.17) is 11.1 Å². The Labute approximate surface area is 121 Å². The van der Waals surface area contributed by atoms with E-state index < -0.39 is 6.03 Å². The van der Waals surface area contributed by atoms with Gasteiger partial charge in [-0.1, -0.05) is 26.0 Å². The topological polar surface area (TPSA) is 82.2 Å². The molecule has 0 heterocycles. The first-order chi connectivity index (χ1) is 8.84. The Morgan fingerprint density at radius 3 is 2.63 bits per heavy atom. The zero-order valence-corrected chi connectivity index (χ0v) is 12.9. The molecule has 104 valence electrons. The van der Waals surface area contributed by atoms with Crippen molar-refractivity contribution < 1.29 is 4.79 Å². The van der Waals surface area contributed by atoms with Crippen molar-refractivity contribution in [1.29, 1.82) is 5.41 Å². The van der Waals surface area contributed by atoms with E-state index in [9.17, 15) is 4.79 Å². The lowest BCUT2D eigenvalue weighted by atomic mass is 10.2. The SMILES string of the molecule is Cc1cccc(Br)c1N(C(=N)N)C(=O)NCC(C)C. The van der Waals surface area contributed by atoms with Crippen molar-refractivity contribution in [1.82, 2.24) is 5.32 Å². The van der Waals surface area contributed by atoms with Gasteiger partial charge in [-0.3, -0.25) is 5.41 Å². The molecule has 0 spiro atoms. The van der Waals surface area contributed by atoms with Crippen molar-refractivity contribution in [3.8, 4) is 0 Å². The number of hydrogen-bond donors (Lipinski definition) is 3. The maximum Gasteiger partial charge on any atom is 0.328 e. The molecule has 0 bridgehead atoms. The molecule has 0 atom stereocenters. The molecule has 0 unspecified atom stereocenters. The van der Waals surface area contributed by atoms with Gasteiger partial charge in [0.25, 0.3) is 0 Å². The monoisotopic (exact) mass is 326 g/mol. The number of aryl methyl sites for hydroxylation is 1. The van der Waals surface area contributed by atoms with Crippen molar-refractivity contribution in [2.24, 2.45) is 11.7 Å². The molecule has 4 N–H and O–H groups in total. The molecular formula is C13H19BrN4O. The largest absolute Gasteiger partial charge is 0.369 e. The second-order valence-corrected chi connectivity index (χ2v) is 5.56. The van der Waals surface area contributed by atoms with Gasteiger partial charge in [0.15, 0.2) is 0 Å². The number of carbonyl (C=O) groups excluding carboxylic acids is 1. The molecule has 0 aliphatic rings. The number of para-hydroxylation sites is 1. The molecule has 0 fully saturated rings. The highest BCUT2D eigenvalue weighted by Crippen LogP contribution is 2.29. The summed E-state index contributed by atoms with van der Waals surface area (Å²) >= 11 is 3.39. The molecule has 19 heavy (non-hydrogen) atoms. The fourth-order valence-corrected chi connectivity index (χ4v) is 2.25. The van der Waals surface area contributed by atoms with Crippen LogP contribution in [0.25, 0.3) is 0 Å². The minimum absolute atomic E-state index is 0.309.